The van der Waals surface area contributed by atoms with E-state index in [1.807, 2.05) is 84.9 Å². The molecule has 0 aliphatic rings. The van der Waals surface area contributed by atoms with Gasteiger partial charge in [0.1, 0.15) is 23.1 Å². The molecule has 0 radical (unpaired) electrons. The van der Waals surface area contributed by atoms with Crippen LogP contribution in [0.1, 0.15) is 18.4 Å². The van der Waals surface area contributed by atoms with Crippen LogP contribution in [-0.2, 0) is 11.3 Å². The smallest absolute Gasteiger partial charge is 0.311 e. The Morgan fingerprint density at radius 1 is 0.784 bits per heavy atom. The number of nitrogens with zero attached hydrogens (tertiary/aromatic N) is 2. The van der Waals surface area contributed by atoms with Crippen LogP contribution >= 0.6 is 0 Å². The molecule has 0 N–H and O–H groups in total. The van der Waals surface area contributed by atoms with Gasteiger partial charge in [-0.3, -0.25) is 4.79 Å². The number of para-hydroxylation sites is 2. The summed E-state index contributed by atoms with van der Waals surface area (Å²) in [6.45, 7) is 1.14. The number of esters is 1. The predicted octanol–water partition coefficient (Wildman–Crippen LogP) is 6.52. The summed E-state index contributed by atoms with van der Waals surface area (Å²) in [5, 5.41) is 0. The van der Waals surface area contributed by atoms with Gasteiger partial charge in [0.25, 0.3) is 0 Å². The number of benzene rings is 4. The molecule has 0 amide bonds. The number of aromatic nitrogens is 2. The topological polar surface area (TPSA) is 62.6 Å². The average Bonchev–Trinajstić information content (AvgIpc) is 3.30. The number of hydrogen-bond donors (Lipinski definition) is 0. The number of imidazole rings is 1. The van der Waals surface area contributed by atoms with Gasteiger partial charge >= 0.3 is 5.97 Å². The number of carbonyl (C=O) groups excluding carboxylic acids is 1. The van der Waals surface area contributed by atoms with E-state index in [1.54, 1.807) is 7.11 Å². The molecular weight excluding hydrogens is 464 g/mol. The predicted molar refractivity (Wildman–Crippen MR) is 144 cm³/mol. The zero-order valence-electron chi connectivity index (χ0n) is 20.7. The zero-order valence-corrected chi connectivity index (χ0v) is 20.7. The van der Waals surface area contributed by atoms with Crippen molar-refractivity contribution in [2.45, 2.75) is 19.4 Å². The molecule has 6 nitrogen and oxygen atoms in total. The second-order valence-electron chi connectivity index (χ2n) is 8.62. The second-order valence-corrected chi connectivity index (χ2v) is 8.62. The third-order valence-electron chi connectivity index (χ3n) is 6.04. The molecular formula is C31H28N2O4. The highest BCUT2D eigenvalue weighted by Gasteiger charge is 2.13. The summed E-state index contributed by atoms with van der Waals surface area (Å²) in [5.74, 6) is 2.61. The van der Waals surface area contributed by atoms with Gasteiger partial charge in [-0.1, -0.05) is 42.5 Å². The second kappa shape index (κ2) is 11.4. The number of hydrogen-bond acceptors (Lipinski definition) is 5. The standard InChI is InChI=1S/C31H28N2O4/c1-35-25-17-19-26(20-18-25)36-21-7-12-30(34)37-27-15-13-24(14-16-27)31-32-28-10-5-6-11-29(28)33(31)22-23-8-3-2-4-9-23/h2-6,8-11,13-20H,7,12,21-22H2,1H3. The van der Waals surface area contributed by atoms with Crippen LogP contribution < -0.4 is 14.2 Å². The summed E-state index contributed by atoms with van der Waals surface area (Å²) < 4.78 is 18.6. The lowest BCUT2D eigenvalue weighted by Gasteiger charge is -2.11. The zero-order chi connectivity index (χ0) is 25.5. The maximum Gasteiger partial charge on any atom is 0.311 e. The Bertz CT molecular complexity index is 1460. The largest absolute Gasteiger partial charge is 0.497 e. The molecule has 0 unspecified atom stereocenters. The fourth-order valence-electron chi connectivity index (χ4n) is 4.15. The van der Waals surface area contributed by atoms with Crippen LogP contribution in [-0.4, -0.2) is 29.2 Å². The summed E-state index contributed by atoms with van der Waals surface area (Å²) >= 11 is 0. The van der Waals surface area contributed by atoms with E-state index >= 15 is 0 Å². The first-order valence-electron chi connectivity index (χ1n) is 12.3. The summed E-state index contributed by atoms with van der Waals surface area (Å²) in [6.07, 6.45) is 0.831. The van der Waals surface area contributed by atoms with Crippen molar-refractivity contribution in [1.29, 1.82) is 0 Å². The van der Waals surface area contributed by atoms with Crippen LogP contribution in [0.5, 0.6) is 17.2 Å². The van der Waals surface area contributed by atoms with Crippen LogP contribution in [0.25, 0.3) is 22.4 Å². The molecule has 6 heteroatoms. The fraction of sp³-hybridized carbons (Fsp3) is 0.161. The first kappa shape index (κ1) is 24.1. The average molecular weight is 493 g/mol. The van der Waals surface area contributed by atoms with E-state index in [-0.39, 0.29) is 12.4 Å². The lowest BCUT2D eigenvalue weighted by Crippen LogP contribution is -2.10. The normalized spacial score (nSPS) is 10.8. The monoisotopic (exact) mass is 492 g/mol. The fourth-order valence-corrected chi connectivity index (χ4v) is 4.15. The number of rotatable bonds is 10. The molecule has 0 fully saturated rings. The highest BCUT2D eigenvalue weighted by molar-refractivity contribution is 5.81. The van der Waals surface area contributed by atoms with E-state index in [0.29, 0.717) is 25.3 Å². The van der Waals surface area contributed by atoms with Gasteiger partial charge in [0.2, 0.25) is 0 Å². The molecule has 0 spiro atoms. The van der Waals surface area contributed by atoms with E-state index in [4.69, 9.17) is 19.2 Å². The maximum absolute atomic E-state index is 12.3. The minimum absolute atomic E-state index is 0.269. The van der Waals surface area contributed by atoms with Crippen LogP contribution in [0.15, 0.2) is 103 Å². The van der Waals surface area contributed by atoms with Gasteiger partial charge in [-0.15, -0.1) is 0 Å². The molecule has 1 heterocycles. The van der Waals surface area contributed by atoms with Crippen LogP contribution in [0.4, 0.5) is 0 Å². The Balaban J connectivity index is 1.21. The van der Waals surface area contributed by atoms with E-state index in [1.165, 1.54) is 5.56 Å². The molecule has 1 aromatic heterocycles. The van der Waals surface area contributed by atoms with Crippen molar-refractivity contribution in [3.05, 3.63) is 109 Å². The molecule has 0 aliphatic heterocycles. The minimum Gasteiger partial charge on any atom is -0.497 e. The Kier molecular flexibility index (Phi) is 7.46. The summed E-state index contributed by atoms with van der Waals surface area (Å²) in [6, 6.07) is 33.3. The molecule has 5 rings (SSSR count). The third kappa shape index (κ3) is 5.98. The van der Waals surface area contributed by atoms with Crippen molar-refractivity contribution in [2.24, 2.45) is 0 Å². The number of ether oxygens (including phenoxy) is 3. The first-order chi connectivity index (χ1) is 18.2. The molecule has 4 aromatic carbocycles. The third-order valence-corrected chi connectivity index (χ3v) is 6.04. The van der Waals surface area contributed by atoms with Crippen LogP contribution in [0.2, 0.25) is 0 Å². The molecule has 0 saturated heterocycles. The molecule has 0 saturated carbocycles. The summed E-state index contributed by atoms with van der Waals surface area (Å²) in [5.41, 5.74) is 4.18. The quantitative estimate of drug-likeness (QED) is 0.126. The molecule has 0 atom stereocenters. The lowest BCUT2D eigenvalue weighted by molar-refractivity contribution is -0.134. The van der Waals surface area contributed by atoms with Gasteiger partial charge in [-0.05, 0) is 72.6 Å². The van der Waals surface area contributed by atoms with Crippen molar-refractivity contribution >= 4 is 17.0 Å². The lowest BCUT2D eigenvalue weighted by atomic mass is 10.2. The Hall–Kier alpha value is -4.58. The van der Waals surface area contributed by atoms with E-state index in [2.05, 4.69) is 22.8 Å². The van der Waals surface area contributed by atoms with Gasteiger partial charge < -0.3 is 18.8 Å². The Labute approximate surface area is 216 Å². The van der Waals surface area contributed by atoms with E-state index < -0.39 is 0 Å². The number of carbonyl (C=O) groups is 1. The Morgan fingerprint density at radius 3 is 2.22 bits per heavy atom. The Morgan fingerprint density at radius 2 is 1.46 bits per heavy atom. The van der Waals surface area contributed by atoms with Crippen molar-refractivity contribution in [2.75, 3.05) is 13.7 Å². The maximum atomic E-state index is 12.3. The van der Waals surface area contributed by atoms with Crippen molar-refractivity contribution < 1.29 is 19.0 Å². The number of fused-ring (bicyclic) bond motifs is 1. The molecule has 5 aromatic rings. The van der Waals surface area contributed by atoms with Crippen molar-refractivity contribution in [1.82, 2.24) is 9.55 Å². The van der Waals surface area contributed by atoms with Gasteiger partial charge in [0, 0.05) is 18.5 Å². The highest BCUT2D eigenvalue weighted by Crippen LogP contribution is 2.27. The van der Waals surface area contributed by atoms with Gasteiger partial charge in [-0.25, -0.2) is 4.98 Å². The molecule has 0 aliphatic carbocycles. The van der Waals surface area contributed by atoms with Crippen LogP contribution in [0.3, 0.4) is 0 Å². The highest BCUT2D eigenvalue weighted by atomic mass is 16.5. The van der Waals surface area contributed by atoms with Gasteiger partial charge in [-0.2, -0.15) is 0 Å². The molecule has 186 valence electrons. The molecule has 37 heavy (non-hydrogen) atoms. The van der Waals surface area contributed by atoms with Crippen molar-refractivity contribution in [3.63, 3.8) is 0 Å². The summed E-state index contributed by atoms with van der Waals surface area (Å²) in [4.78, 5) is 17.2. The molecule has 0 bridgehead atoms. The van der Waals surface area contributed by atoms with Crippen molar-refractivity contribution in [3.8, 4) is 28.6 Å². The van der Waals surface area contributed by atoms with E-state index in [9.17, 15) is 4.79 Å². The summed E-state index contributed by atoms with van der Waals surface area (Å²) in [7, 11) is 1.62. The SMILES string of the molecule is COc1ccc(OCCCC(=O)Oc2ccc(-c3nc4ccccc4n3Cc3ccccc3)cc2)cc1. The minimum atomic E-state index is -0.289. The number of methoxy groups -OCH3 is 1. The first-order valence-corrected chi connectivity index (χ1v) is 12.3. The van der Waals surface area contributed by atoms with Gasteiger partial charge in [0.15, 0.2) is 0 Å². The van der Waals surface area contributed by atoms with Gasteiger partial charge in [0.05, 0.1) is 24.8 Å². The van der Waals surface area contributed by atoms with Crippen LogP contribution in [0, 0.1) is 0 Å². The van der Waals surface area contributed by atoms with E-state index in [0.717, 1.165) is 33.9 Å².